The van der Waals surface area contributed by atoms with Gasteiger partial charge >= 0.3 is 29.6 Å². The van der Waals surface area contributed by atoms with E-state index in [2.05, 4.69) is 0 Å². The molecule has 0 saturated heterocycles. The Morgan fingerprint density at radius 1 is 1.25 bits per heavy atom. The fraction of sp³-hybridized carbons (Fsp3) is 0.750. The van der Waals surface area contributed by atoms with Gasteiger partial charge in [-0.1, -0.05) is 0 Å². The molecule has 76 valence electrons. The van der Waals surface area contributed by atoms with Crippen LogP contribution in [0.2, 0.25) is 0 Å². The molecule has 0 bridgehead atoms. The van der Waals surface area contributed by atoms with Gasteiger partial charge in [0, 0.05) is 12.6 Å². The molecule has 0 aliphatic heterocycles. The van der Waals surface area contributed by atoms with E-state index in [1.165, 1.54) is 0 Å². The van der Waals surface area contributed by atoms with E-state index in [4.69, 9.17) is 15.0 Å². The number of carboxylic acid groups (broad SMARTS) is 1. The van der Waals surface area contributed by atoms with Gasteiger partial charge in [0.15, 0.2) is 0 Å². The van der Waals surface area contributed by atoms with E-state index in [1.807, 2.05) is 0 Å². The molecule has 0 atom stereocenters. The monoisotopic (exact) mass is 200 g/mol. The minimum Gasteiger partial charge on any atom is -0.550 e. The third kappa shape index (κ3) is 12100. The largest absolute Gasteiger partial charge is 1.00 e. The molecule has 8 heteroatoms. The SMILES string of the molecule is CC(=O)[O-].CCO.O.O.O.O.[Na+]. The molecule has 0 rings (SSSR count). The Hall–Kier alpha value is 0.270. The number of carbonyl (C=O) groups is 1. The molecule has 0 fully saturated rings. The van der Waals surface area contributed by atoms with Gasteiger partial charge in [0.2, 0.25) is 0 Å². The minimum atomic E-state index is -1.08. The maximum absolute atomic E-state index is 8.89. The Kier molecular flexibility index (Phi) is 305. The standard InChI is InChI=1S/C2H4O2.C2H6O.Na.4H2O/c1-2(3)4;1-2-3;;;;;/h1H3,(H,3,4);3H,2H2,1H3;;4*1H2/q;;+1;;;;/p-1. The number of carboxylic acids is 1. The normalized spacial score (nSPS) is 3.58. The summed E-state index contributed by atoms with van der Waals surface area (Å²) in [6.45, 7) is 2.90. The summed E-state index contributed by atoms with van der Waals surface area (Å²) in [5.74, 6) is -1.08. The van der Waals surface area contributed by atoms with Crippen molar-refractivity contribution in [2.45, 2.75) is 13.8 Å². The van der Waals surface area contributed by atoms with Gasteiger partial charge in [-0.05, 0) is 13.8 Å². The molecular formula is C4H17NaO7. The number of aliphatic carboxylic acids is 1. The van der Waals surface area contributed by atoms with E-state index in [0.717, 1.165) is 6.92 Å². The average molecular weight is 200 g/mol. The zero-order chi connectivity index (χ0) is 6.28. The van der Waals surface area contributed by atoms with Gasteiger partial charge in [-0.3, -0.25) is 0 Å². The summed E-state index contributed by atoms with van der Waals surface area (Å²) < 4.78 is 0. The molecule has 0 spiro atoms. The van der Waals surface area contributed by atoms with Crippen molar-refractivity contribution in [3.63, 3.8) is 0 Å². The molecule has 0 saturated carbocycles. The van der Waals surface area contributed by atoms with Gasteiger partial charge in [0.25, 0.3) is 0 Å². The van der Waals surface area contributed by atoms with Crippen LogP contribution in [0.3, 0.4) is 0 Å². The second kappa shape index (κ2) is 65.2. The molecule has 9 N–H and O–H groups in total. The fourth-order valence-corrected chi connectivity index (χ4v) is 0. The topological polar surface area (TPSA) is 186 Å². The van der Waals surface area contributed by atoms with Crippen LogP contribution < -0.4 is 34.7 Å². The molecule has 7 nitrogen and oxygen atoms in total. The summed E-state index contributed by atoms with van der Waals surface area (Å²) in [6.07, 6.45) is 0. The van der Waals surface area contributed by atoms with Crippen LogP contribution in [0, 0.1) is 0 Å². The molecule has 0 radical (unpaired) electrons. The first-order valence-electron chi connectivity index (χ1n) is 1.93. The van der Waals surface area contributed by atoms with Gasteiger partial charge in [-0.25, -0.2) is 0 Å². The fourth-order valence-electron chi connectivity index (χ4n) is 0. The van der Waals surface area contributed by atoms with Crippen molar-refractivity contribution >= 4 is 5.97 Å². The number of aliphatic hydroxyl groups is 1. The summed E-state index contributed by atoms with van der Waals surface area (Å²) in [7, 11) is 0. The number of aliphatic hydroxyl groups excluding tert-OH is 1. The molecule has 0 aliphatic carbocycles. The molecule has 0 heterocycles. The molecule has 0 aliphatic rings. The van der Waals surface area contributed by atoms with E-state index in [1.54, 1.807) is 6.92 Å². The van der Waals surface area contributed by atoms with Crippen molar-refractivity contribution in [3.05, 3.63) is 0 Å². The van der Waals surface area contributed by atoms with Crippen LogP contribution in [0.5, 0.6) is 0 Å². The van der Waals surface area contributed by atoms with E-state index in [0.29, 0.717) is 0 Å². The Balaban J connectivity index is -0.00000000597. The second-order valence-electron chi connectivity index (χ2n) is 0.808. The van der Waals surface area contributed by atoms with Gasteiger partial charge in [-0.2, -0.15) is 0 Å². The van der Waals surface area contributed by atoms with Crippen LogP contribution in [0.25, 0.3) is 0 Å². The first-order chi connectivity index (χ1) is 3.15. The van der Waals surface area contributed by atoms with Crippen molar-refractivity contribution in [2.24, 2.45) is 0 Å². The molecule has 12 heavy (non-hydrogen) atoms. The van der Waals surface area contributed by atoms with E-state index in [-0.39, 0.29) is 58.1 Å². The third-order valence-electron chi connectivity index (χ3n) is 0. The van der Waals surface area contributed by atoms with Crippen LogP contribution in [0.15, 0.2) is 0 Å². The van der Waals surface area contributed by atoms with Crippen molar-refractivity contribution in [1.82, 2.24) is 0 Å². The minimum absolute atomic E-state index is 0. The van der Waals surface area contributed by atoms with Gasteiger partial charge in [0.1, 0.15) is 0 Å². The maximum Gasteiger partial charge on any atom is 1.00 e. The third-order valence-corrected chi connectivity index (χ3v) is 0. The van der Waals surface area contributed by atoms with Gasteiger partial charge in [-0.15, -0.1) is 0 Å². The van der Waals surface area contributed by atoms with Gasteiger partial charge < -0.3 is 36.9 Å². The van der Waals surface area contributed by atoms with Crippen molar-refractivity contribution in [3.8, 4) is 0 Å². The zero-order valence-electron chi connectivity index (χ0n) is 7.47. The first-order valence-corrected chi connectivity index (χ1v) is 1.93. The summed E-state index contributed by atoms with van der Waals surface area (Å²) in [5.41, 5.74) is 0. The number of hydrogen-bond donors (Lipinski definition) is 1. The molecule has 0 aromatic rings. The molecule has 0 aromatic carbocycles. The average Bonchev–Trinajstić information content (AvgIpc) is 1.33. The van der Waals surface area contributed by atoms with Crippen molar-refractivity contribution in [1.29, 1.82) is 0 Å². The summed E-state index contributed by atoms with van der Waals surface area (Å²) >= 11 is 0. The van der Waals surface area contributed by atoms with Crippen molar-refractivity contribution in [2.75, 3.05) is 6.61 Å². The van der Waals surface area contributed by atoms with E-state index < -0.39 is 5.97 Å². The quantitative estimate of drug-likeness (QED) is 0.381. The van der Waals surface area contributed by atoms with Crippen LogP contribution in [0.1, 0.15) is 13.8 Å². The van der Waals surface area contributed by atoms with Crippen molar-refractivity contribution < 1.29 is 66.5 Å². The zero-order valence-corrected chi connectivity index (χ0v) is 9.47. The molecular weight excluding hydrogens is 183 g/mol. The molecule has 0 unspecified atom stereocenters. The number of rotatable bonds is 0. The molecule has 0 aromatic heterocycles. The second-order valence-corrected chi connectivity index (χ2v) is 0.808. The Morgan fingerprint density at radius 3 is 1.25 bits per heavy atom. The Labute approximate surface area is 92.9 Å². The van der Waals surface area contributed by atoms with E-state index >= 15 is 0 Å². The number of hydrogen-bond acceptors (Lipinski definition) is 3. The first kappa shape index (κ1) is 56.1. The molecule has 0 amide bonds. The van der Waals surface area contributed by atoms with Crippen LogP contribution in [0.4, 0.5) is 0 Å². The predicted molar refractivity (Wildman–Crippen MR) is 37.9 cm³/mol. The van der Waals surface area contributed by atoms with Gasteiger partial charge in [0.05, 0.1) is 0 Å². The summed E-state index contributed by atoms with van der Waals surface area (Å²) in [6, 6.07) is 0. The number of carbonyl (C=O) groups excluding carboxylic acids is 1. The smallest absolute Gasteiger partial charge is 0.550 e. The summed E-state index contributed by atoms with van der Waals surface area (Å²) in [5, 5.41) is 16.5. The van der Waals surface area contributed by atoms with Crippen LogP contribution in [-0.2, 0) is 4.79 Å². The Bertz CT molecular complexity index is 46.7. The van der Waals surface area contributed by atoms with E-state index in [9.17, 15) is 0 Å². The maximum atomic E-state index is 8.89. The van der Waals surface area contributed by atoms with Crippen LogP contribution >= 0.6 is 0 Å². The predicted octanol–water partition coefficient (Wildman–Crippen LogP) is -7.54. The van der Waals surface area contributed by atoms with Crippen LogP contribution in [-0.4, -0.2) is 39.6 Å². The Morgan fingerprint density at radius 2 is 1.25 bits per heavy atom. The summed E-state index contributed by atoms with van der Waals surface area (Å²) in [4.78, 5) is 8.89.